The number of piperidine rings is 1. The van der Waals surface area contributed by atoms with E-state index in [9.17, 15) is 9.59 Å². The van der Waals surface area contributed by atoms with Crippen molar-refractivity contribution in [1.29, 1.82) is 0 Å². The SMILES string of the molecule is O=C(N[C@H]1CCC[C@@H](C(=O)O)C1)C1CCN(c2cnccn2)CC1. The number of aliphatic carboxylic acids is 1. The third-order valence-corrected chi connectivity index (χ3v) is 5.11. The van der Waals surface area contributed by atoms with Crippen molar-refractivity contribution in [2.45, 2.75) is 44.6 Å². The van der Waals surface area contributed by atoms with E-state index in [0.29, 0.717) is 6.42 Å². The zero-order valence-electron chi connectivity index (χ0n) is 13.7. The summed E-state index contributed by atoms with van der Waals surface area (Å²) in [6.07, 6.45) is 9.68. The highest BCUT2D eigenvalue weighted by atomic mass is 16.4. The van der Waals surface area contributed by atoms with Gasteiger partial charge in [0, 0.05) is 37.4 Å². The molecule has 2 N–H and O–H groups in total. The highest BCUT2D eigenvalue weighted by Gasteiger charge is 2.31. The normalized spacial score (nSPS) is 25.2. The molecule has 1 aromatic heterocycles. The van der Waals surface area contributed by atoms with E-state index in [1.54, 1.807) is 18.6 Å². The van der Waals surface area contributed by atoms with Crippen LogP contribution in [-0.2, 0) is 9.59 Å². The smallest absolute Gasteiger partial charge is 0.306 e. The van der Waals surface area contributed by atoms with Gasteiger partial charge in [-0.05, 0) is 32.1 Å². The second-order valence-electron chi connectivity index (χ2n) is 6.73. The predicted octanol–water partition coefficient (Wildman–Crippen LogP) is 1.45. The van der Waals surface area contributed by atoms with Crippen molar-refractivity contribution in [1.82, 2.24) is 15.3 Å². The maximum Gasteiger partial charge on any atom is 0.306 e. The van der Waals surface area contributed by atoms with Crippen LogP contribution in [0, 0.1) is 11.8 Å². The number of amides is 1. The fourth-order valence-corrected chi connectivity index (χ4v) is 3.69. The van der Waals surface area contributed by atoms with E-state index in [0.717, 1.165) is 51.0 Å². The van der Waals surface area contributed by atoms with Crippen LogP contribution in [0.5, 0.6) is 0 Å². The molecule has 7 heteroatoms. The number of carboxylic acids is 1. The molecule has 1 amide bonds. The van der Waals surface area contributed by atoms with Gasteiger partial charge in [-0.2, -0.15) is 0 Å². The minimum absolute atomic E-state index is 0.00289. The summed E-state index contributed by atoms with van der Waals surface area (Å²) in [4.78, 5) is 34.1. The fraction of sp³-hybridized carbons (Fsp3) is 0.647. The van der Waals surface area contributed by atoms with Crippen LogP contribution in [-0.4, -0.2) is 46.1 Å². The maximum atomic E-state index is 12.5. The summed E-state index contributed by atoms with van der Waals surface area (Å²) < 4.78 is 0. The molecule has 0 radical (unpaired) electrons. The molecule has 1 saturated heterocycles. The first-order chi connectivity index (χ1) is 11.6. The summed E-state index contributed by atoms with van der Waals surface area (Å²) in [5.41, 5.74) is 0. The number of nitrogens with one attached hydrogen (secondary N) is 1. The van der Waals surface area contributed by atoms with Crippen LogP contribution < -0.4 is 10.2 Å². The average Bonchev–Trinajstić information content (AvgIpc) is 2.63. The van der Waals surface area contributed by atoms with Gasteiger partial charge in [0.05, 0.1) is 12.1 Å². The van der Waals surface area contributed by atoms with Crippen molar-refractivity contribution in [3.63, 3.8) is 0 Å². The molecule has 2 fully saturated rings. The van der Waals surface area contributed by atoms with Gasteiger partial charge in [-0.25, -0.2) is 4.98 Å². The predicted molar refractivity (Wildman–Crippen MR) is 88.5 cm³/mol. The summed E-state index contributed by atoms with van der Waals surface area (Å²) >= 11 is 0. The van der Waals surface area contributed by atoms with Crippen LogP contribution in [0.2, 0.25) is 0 Å². The summed E-state index contributed by atoms with van der Waals surface area (Å²) in [5.74, 6) is -0.130. The highest BCUT2D eigenvalue weighted by Crippen LogP contribution is 2.26. The molecular formula is C17H24N4O3. The Morgan fingerprint density at radius 1 is 1.12 bits per heavy atom. The average molecular weight is 332 g/mol. The number of nitrogens with zero attached hydrogens (tertiary/aromatic N) is 3. The number of hydrogen-bond donors (Lipinski definition) is 2. The minimum Gasteiger partial charge on any atom is -0.481 e. The minimum atomic E-state index is -0.744. The lowest BCUT2D eigenvalue weighted by Gasteiger charge is -2.33. The Morgan fingerprint density at radius 3 is 2.58 bits per heavy atom. The Bertz CT molecular complexity index is 572. The summed E-state index contributed by atoms with van der Waals surface area (Å²) in [7, 11) is 0. The Labute approximate surface area is 141 Å². The lowest BCUT2D eigenvalue weighted by molar-refractivity contribution is -0.143. The van der Waals surface area contributed by atoms with Gasteiger partial charge < -0.3 is 15.3 Å². The molecule has 2 atom stereocenters. The molecule has 0 spiro atoms. The van der Waals surface area contributed by atoms with Gasteiger partial charge in [0.1, 0.15) is 5.82 Å². The van der Waals surface area contributed by atoms with Gasteiger partial charge in [-0.15, -0.1) is 0 Å². The number of hydrogen-bond acceptors (Lipinski definition) is 5. The molecule has 0 aromatic carbocycles. The van der Waals surface area contributed by atoms with E-state index in [2.05, 4.69) is 20.2 Å². The summed E-state index contributed by atoms with van der Waals surface area (Å²) in [6, 6.07) is 0.00497. The van der Waals surface area contributed by atoms with Crippen molar-refractivity contribution in [3.8, 4) is 0 Å². The Kier molecular flexibility index (Phi) is 5.27. The molecule has 7 nitrogen and oxygen atoms in total. The molecule has 0 bridgehead atoms. The Morgan fingerprint density at radius 2 is 1.92 bits per heavy atom. The molecular weight excluding hydrogens is 308 g/mol. The molecule has 1 saturated carbocycles. The van der Waals surface area contributed by atoms with Crippen LogP contribution in [0.15, 0.2) is 18.6 Å². The molecule has 0 unspecified atom stereocenters. The fourth-order valence-electron chi connectivity index (χ4n) is 3.69. The largest absolute Gasteiger partial charge is 0.481 e. The van der Waals surface area contributed by atoms with E-state index < -0.39 is 5.97 Å². The van der Waals surface area contributed by atoms with E-state index in [1.807, 2.05) is 0 Å². The lowest BCUT2D eigenvalue weighted by Crippen LogP contribution is -2.46. The Hall–Kier alpha value is -2.18. The third-order valence-electron chi connectivity index (χ3n) is 5.11. The van der Waals surface area contributed by atoms with Crippen molar-refractivity contribution < 1.29 is 14.7 Å². The summed E-state index contributed by atoms with van der Waals surface area (Å²) in [6.45, 7) is 1.58. The number of rotatable bonds is 4. The molecule has 3 rings (SSSR count). The molecule has 2 heterocycles. The van der Waals surface area contributed by atoms with E-state index in [1.165, 1.54) is 0 Å². The number of anilines is 1. The van der Waals surface area contributed by atoms with Crippen molar-refractivity contribution >= 4 is 17.7 Å². The van der Waals surface area contributed by atoms with Crippen molar-refractivity contribution in [2.75, 3.05) is 18.0 Å². The highest BCUT2D eigenvalue weighted by molar-refractivity contribution is 5.79. The molecule has 2 aliphatic rings. The van der Waals surface area contributed by atoms with Crippen molar-refractivity contribution in [2.24, 2.45) is 11.8 Å². The monoisotopic (exact) mass is 332 g/mol. The van der Waals surface area contributed by atoms with Gasteiger partial charge >= 0.3 is 5.97 Å². The van der Waals surface area contributed by atoms with Crippen LogP contribution in [0.3, 0.4) is 0 Å². The topological polar surface area (TPSA) is 95.4 Å². The first-order valence-corrected chi connectivity index (χ1v) is 8.67. The molecule has 24 heavy (non-hydrogen) atoms. The van der Waals surface area contributed by atoms with Crippen molar-refractivity contribution in [3.05, 3.63) is 18.6 Å². The number of aromatic nitrogens is 2. The first-order valence-electron chi connectivity index (χ1n) is 8.67. The van der Waals surface area contributed by atoms with Gasteiger partial charge in [0.2, 0.25) is 5.91 Å². The third kappa shape index (κ3) is 4.01. The number of carbonyl (C=O) groups excluding carboxylic acids is 1. The quantitative estimate of drug-likeness (QED) is 0.866. The lowest BCUT2D eigenvalue weighted by atomic mass is 9.85. The first kappa shape index (κ1) is 16.7. The van der Waals surface area contributed by atoms with E-state index in [-0.39, 0.29) is 23.8 Å². The van der Waals surface area contributed by atoms with Crippen LogP contribution in [0.1, 0.15) is 38.5 Å². The van der Waals surface area contributed by atoms with E-state index in [4.69, 9.17) is 5.11 Å². The van der Waals surface area contributed by atoms with Gasteiger partial charge in [0.15, 0.2) is 0 Å². The van der Waals surface area contributed by atoms with E-state index >= 15 is 0 Å². The maximum absolute atomic E-state index is 12.5. The standard InChI is InChI=1S/C17H24N4O3/c22-16(20-14-3-1-2-13(10-14)17(23)24)12-4-8-21(9-5-12)15-11-18-6-7-19-15/h6-7,11-14H,1-5,8-10H2,(H,20,22)(H,23,24)/t13-,14+/m1/s1. The van der Waals surface area contributed by atoms with Crippen LogP contribution >= 0.6 is 0 Å². The second kappa shape index (κ2) is 7.59. The number of carboxylic acid groups (broad SMARTS) is 1. The summed E-state index contributed by atoms with van der Waals surface area (Å²) in [5, 5.41) is 12.2. The van der Waals surface area contributed by atoms with Gasteiger partial charge in [-0.1, -0.05) is 6.42 Å². The zero-order chi connectivity index (χ0) is 16.9. The second-order valence-corrected chi connectivity index (χ2v) is 6.73. The van der Waals surface area contributed by atoms with Crippen LogP contribution in [0.4, 0.5) is 5.82 Å². The molecule has 130 valence electrons. The van der Waals surface area contributed by atoms with Crippen LogP contribution in [0.25, 0.3) is 0 Å². The molecule has 1 aliphatic carbocycles. The van der Waals surface area contributed by atoms with Gasteiger partial charge in [0.25, 0.3) is 0 Å². The molecule has 1 aromatic rings. The molecule has 1 aliphatic heterocycles. The zero-order valence-corrected chi connectivity index (χ0v) is 13.7. The number of carbonyl (C=O) groups is 2. The van der Waals surface area contributed by atoms with Gasteiger partial charge in [-0.3, -0.25) is 14.6 Å². The Balaban J connectivity index is 1.48.